The van der Waals surface area contributed by atoms with Gasteiger partial charge < -0.3 is 26.1 Å². The van der Waals surface area contributed by atoms with Crippen molar-refractivity contribution < 1.29 is 18.4 Å². The summed E-state index contributed by atoms with van der Waals surface area (Å²) >= 11 is 6.06. The molecule has 5 N–H and O–H groups in total. The number of nitrogens with two attached hydrogens (primary N) is 1. The summed E-state index contributed by atoms with van der Waals surface area (Å²) in [5, 5.41) is 9.23. The van der Waals surface area contributed by atoms with E-state index in [2.05, 4.69) is 20.9 Å². The number of nitrogens with zero attached hydrogens (tertiary/aromatic N) is 1. The van der Waals surface area contributed by atoms with Crippen LogP contribution < -0.4 is 21.7 Å². The van der Waals surface area contributed by atoms with E-state index in [1.807, 2.05) is 0 Å². The summed E-state index contributed by atoms with van der Waals surface area (Å²) in [6.45, 7) is 1.72. The Balaban J connectivity index is 1.53. The molecule has 10 heteroatoms. The molecule has 1 atom stereocenters. The zero-order chi connectivity index (χ0) is 22.7. The Morgan fingerprint density at radius 3 is 2.66 bits per heavy atom. The van der Waals surface area contributed by atoms with Crippen molar-refractivity contribution in [1.29, 1.82) is 0 Å². The second kappa shape index (κ2) is 9.37. The molecule has 0 aliphatic carbocycles. The van der Waals surface area contributed by atoms with Gasteiger partial charge in [0.15, 0.2) is 5.69 Å². The van der Waals surface area contributed by atoms with Gasteiger partial charge in [0.2, 0.25) is 11.8 Å². The quantitative estimate of drug-likeness (QED) is 0.449. The molecular weight excluding hydrogens is 437 g/mol. The Morgan fingerprint density at radius 1 is 1.22 bits per heavy atom. The van der Waals surface area contributed by atoms with Crippen LogP contribution in [0.2, 0.25) is 5.02 Å². The minimum atomic E-state index is -0.855. The minimum absolute atomic E-state index is 0.0581. The van der Waals surface area contributed by atoms with Crippen LogP contribution in [0.4, 0.5) is 16.0 Å². The van der Waals surface area contributed by atoms with Crippen LogP contribution in [0.25, 0.3) is 11.5 Å². The van der Waals surface area contributed by atoms with Gasteiger partial charge >= 0.3 is 0 Å². The predicted molar refractivity (Wildman–Crippen MR) is 119 cm³/mol. The summed E-state index contributed by atoms with van der Waals surface area (Å²) in [7, 11) is 0. The fourth-order valence-corrected chi connectivity index (χ4v) is 3.70. The van der Waals surface area contributed by atoms with Crippen molar-refractivity contribution in [2.24, 2.45) is 5.73 Å². The summed E-state index contributed by atoms with van der Waals surface area (Å²) < 4.78 is 19.8. The van der Waals surface area contributed by atoms with E-state index in [9.17, 15) is 14.0 Å². The van der Waals surface area contributed by atoms with E-state index in [1.165, 1.54) is 18.2 Å². The number of carbonyl (C=O) groups is 2. The third-order valence-electron chi connectivity index (χ3n) is 5.07. The van der Waals surface area contributed by atoms with Crippen LogP contribution in [0.3, 0.4) is 0 Å². The summed E-state index contributed by atoms with van der Waals surface area (Å²) in [6.07, 6.45) is 1.96. The topological polar surface area (TPSA) is 122 Å². The van der Waals surface area contributed by atoms with Gasteiger partial charge in [-0.25, -0.2) is 9.37 Å². The normalized spacial score (nSPS) is 15.9. The van der Waals surface area contributed by atoms with Gasteiger partial charge in [-0.15, -0.1) is 0 Å². The molecule has 4 rings (SSSR count). The molecule has 0 radical (unpaired) electrons. The van der Waals surface area contributed by atoms with Crippen molar-refractivity contribution in [2.75, 3.05) is 18.4 Å². The van der Waals surface area contributed by atoms with E-state index in [4.69, 9.17) is 21.8 Å². The fraction of sp³-hybridized carbons (Fsp3) is 0.227. The van der Waals surface area contributed by atoms with Crippen molar-refractivity contribution in [3.63, 3.8) is 0 Å². The molecule has 2 heterocycles. The number of rotatable bonds is 6. The standard InChI is InChI=1S/C22H21ClFN5O3/c23-15-4-1-5-16(24)17(15)21-29-18(19(25)30)22(32-21)28-13-8-6-12(7-9-13)20(31)27-14-3-2-10-26-11-14/h1,4-9,14,26,28H,2-3,10-11H2,(H2,25,30)(H,27,31). The zero-order valence-electron chi connectivity index (χ0n) is 17.0. The number of hydrogen-bond donors (Lipinski definition) is 4. The van der Waals surface area contributed by atoms with E-state index in [1.54, 1.807) is 24.3 Å². The minimum Gasteiger partial charge on any atom is -0.419 e. The van der Waals surface area contributed by atoms with Crippen LogP contribution in [0.5, 0.6) is 0 Å². The van der Waals surface area contributed by atoms with Gasteiger partial charge in [0, 0.05) is 23.8 Å². The first-order valence-corrected chi connectivity index (χ1v) is 10.4. The molecule has 1 aromatic heterocycles. The van der Waals surface area contributed by atoms with E-state index in [0.717, 1.165) is 25.9 Å². The Labute approximate surface area is 188 Å². The molecule has 0 saturated carbocycles. The van der Waals surface area contributed by atoms with Crippen LogP contribution in [-0.2, 0) is 0 Å². The number of primary amides is 1. The Kier molecular flexibility index (Phi) is 6.38. The first kappa shape index (κ1) is 21.8. The first-order chi connectivity index (χ1) is 15.4. The Morgan fingerprint density at radius 2 is 2.00 bits per heavy atom. The number of benzene rings is 2. The van der Waals surface area contributed by atoms with Gasteiger partial charge in [0.25, 0.3) is 11.8 Å². The molecular formula is C22H21ClFN5O3. The maximum atomic E-state index is 14.2. The molecule has 1 aliphatic heterocycles. The average molecular weight is 458 g/mol. The highest BCUT2D eigenvalue weighted by atomic mass is 35.5. The molecule has 0 spiro atoms. The highest BCUT2D eigenvalue weighted by Gasteiger charge is 2.23. The number of halogens is 2. The number of carbonyl (C=O) groups excluding carboxylic acids is 2. The molecule has 1 aliphatic rings. The summed E-state index contributed by atoms with van der Waals surface area (Å²) in [6, 6.07) is 10.8. The second-order valence-corrected chi connectivity index (χ2v) is 7.78. The predicted octanol–water partition coefficient (Wildman–Crippen LogP) is 3.46. The molecule has 2 amide bonds. The molecule has 8 nitrogen and oxygen atoms in total. The lowest BCUT2D eigenvalue weighted by Gasteiger charge is -2.23. The molecule has 0 bridgehead atoms. The van der Waals surface area contributed by atoms with E-state index in [0.29, 0.717) is 11.3 Å². The van der Waals surface area contributed by atoms with Gasteiger partial charge in [-0.05, 0) is 55.8 Å². The molecule has 166 valence electrons. The number of amides is 2. The maximum absolute atomic E-state index is 14.2. The Hall–Kier alpha value is -3.43. The van der Waals surface area contributed by atoms with E-state index < -0.39 is 11.7 Å². The van der Waals surface area contributed by atoms with Crippen molar-refractivity contribution >= 4 is 35.0 Å². The van der Waals surface area contributed by atoms with Gasteiger partial charge in [0.05, 0.1) is 10.6 Å². The zero-order valence-corrected chi connectivity index (χ0v) is 17.7. The van der Waals surface area contributed by atoms with Crippen LogP contribution >= 0.6 is 11.6 Å². The molecule has 1 saturated heterocycles. The molecule has 2 aromatic carbocycles. The van der Waals surface area contributed by atoms with Crippen molar-refractivity contribution in [3.8, 4) is 11.5 Å². The Bertz CT molecular complexity index is 1120. The molecule has 32 heavy (non-hydrogen) atoms. The third kappa shape index (κ3) is 4.74. The van der Waals surface area contributed by atoms with Gasteiger partial charge in [-0.2, -0.15) is 0 Å². The summed E-state index contributed by atoms with van der Waals surface area (Å²) in [5.41, 5.74) is 6.14. The maximum Gasteiger partial charge on any atom is 0.273 e. The molecule has 3 aromatic rings. The second-order valence-electron chi connectivity index (χ2n) is 7.38. The third-order valence-corrected chi connectivity index (χ3v) is 5.39. The van der Waals surface area contributed by atoms with Gasteiger partial charge in [0.1, 0.15) is 5.82 Å². The van der Waals surface area contributed by atoms with Crippen LogP contribution in [0.1, 0.15) is 33.7 Å². The lowest BCUT2D eigenvalue weighted by molar-refractivity contribution is 0.0929. The first-order valence-electron chi connectivity index (χ1n) is 10.1. The van der Waals surface area contributed by atoms with Crippen LogP contribution in [-0.4, -0.2) is 35.9 Å². The number of nitrogens with one attached hydrogen (secondary N) is 3. The van der Waals surface area contributed by atoms with Crippen LogP contribution in [0.15, 0.2) is 46.9 Å². The largest absolute Gasteiger partial charge is 0.419 e. The summed E-state index contributed by atoms with van der Waals surface area (Å²) in [4.78, 5) is 28.3. The van der Waals surface area contributed by atoms with Crippen molar-refractivity contribution in [3.05, 3.63) is 64.6 Å². The van der Waals surface area contributed by atoms with E-state index >= 15 is 0 Å². The van der Waals surface area contributed by atoms with Crippen LogP contribution in [0, 0.1) is 5.82 Å². The highest BCUT2D eigenvalue weighted by Crippen LogP contribution is 2.34. The molecule has 1 fully saturated rings. The number of hydrogen-bond acceptors (Lipinski definition) is 6. The lowest BCUT2D eigenvalue weighted by atomic mass is 10.1. The monoisotopic (exact) mass is 457 g/mol. The summed E-state index contributed by atoms with van der Waals surface area (Å²) in [5.74, 6) is -1.91. The number of anilines is 2. The van der Waals surface area contributed by atoms with Gasteiger partial charge in [-0.1, -0.05) is 17.7 Å². The van der Waals surface area contributed by atoms with Crippen molar-refractivity contribution in [2.45, 2.75) is 18.9 Å². The average Bonchev–Trinajstić information content (AvgIpc) is 3.18. The highest BCUT2D eigenvalue weighted by molar-refractivity contribution is 6.33. The number of oxazole rings is 1. The fourth-order valence-electron chi connectivity index (χ4n) is 3.46. The SMILES string of the molecule is NC(=O)c1nc(-c2c(F)cccc2Cl)oc1Nc1ccc(C(=O)NC2CCCNC2)cc1. The van der Waals surface area contributed by atoms with Gasteiger partial charge in [-0.3, -0.25) is 9.59 Å². The molecule has 1 unspecified atom stereocenters. The number of piperidine rings is 1. The van der Waals surface area contributed by atoms with Crippen molar-refractivity contribution in [1.82, 2.24) is 15.6 Å². The lowest BCUT2D eigenvalue weighted by Crippen LogP contribution is -2.45. The van der Waals surface area contributed by atoms with E-state index in [-0.39, 0.29) is 40.0 Å². The number of aromatic nitrogens is 1. The smallest absolute Gasteiger partial charge is 0.273 e.